The third-order valence-corrected chi connectivity index (χ3v) is 5.79. The number of benzene rings is 1. The minimum atomic E-state index is -1.05. The molecule has 4 rings (SSSR count). The van der Waals surface area contributed by atoms with Crippen molar-refractivity contribution in [2.45, 2.75) is 51.6 Å². The quantitative estimate of drug-likeness (QED) is 0.628. The molecular weight excluding hydrogens is 386 g/mol. The molecule has 0 unspecified atom stereocenters. The molecule has 3 heterocycles. The highest BCUT2D eigenvalue weighted by Crippen LogP contribution is 2.30. The first-order valence-corrected chi connectivity index (χ1v) is 10.1. The molecule has 9 nitrogen and oxygen atoms in total. The summed E-state index contributed by atoms with van der Waals surface area (Å²) in [5, 5.41) is 12.3. The van der Waals surface area contributed by atoms with Gasteiger partial charge in [0.2, 0.25) is 5.91 Å². The first-order chi connectivity index (χ1) is 14.4. The lowest BCUT2D eigenvalue weighted by atomic mass is 9.95. The first-order valence-electron chi connectivity index (χ1n) is 10.1. The Hall–Kier alpha value is -3.36. The van der Waals surface area contributed by atoms with Crippen LogP contribution in [0.4, 0.5) is 16.3 Å². The molecule has 3 N–H and O–H groups in total. The summed E-state index contributed by atoms with van der Waals surface area (Å²) in [7, 11) is 0. The lowest BCUT2D eigenvalue weighted by Gasteiger charge is -2.28. The van der Waals surface area contributed by atoms with Crippen LogP contribution in [0.15, 0.2) is 28.8 Å². The highest BCUT2D eigenvalue weighted by molar-refractivity contribution is 6.06. The van der Waals surface area contributed by atoms with Gasteiger partial charge >= 0.3 is 6.03 Å². The molecule has 2 aliphatic rings. The monoisotopic (exact) mass is 411 g/mol. The van der Waals surface area contributed by atoms with Gasteiger partial charge in [0.25, 0.3) is 5.91 Å². The SMILES string of the molecule is CCc1ccccc1Nc1noc2c1CN(C(=O)CC[C@]1(C)NC(=O)NC1=O)CC2. The van der Waals surface area contributed by atoms with E-state index < -0.39 is 17.5 Å². The van der Waals surface area contributed by atoms with Crippen molar-refractivity contribution in [2.24, 2.45) is 0 Å². The van der Waals surface area contributed by atoms with Gasteiger partial charge in [-0.3, -0.25) is 14.9 Å². The Bertz CT molecular complexity index is 1000. The van der Waals surface area contributed by atoms with Gasteiger partial charge in [-0.2, -0.15) is 0 Å². The maximum Gasteiger partial charge on any atom is 0.322 e. The summed E-state index contributed by atoms with van der Waals surface area (Å²) in [6.45, 7) is 4.64. The zero-order valence-corrected chi connectivity index (χ0v) is 17.1. The van der Waals surface area contributed by atoms with E-state index in [1.54, 1.807) is 11.8 Å². The van der Waals surface area contributed by atoms with Gasteiger partial charge in [-0.1, -0.05) is 30.3 Å². The predicted molar refractivity (Wildman–Crippen MR) is 109 cm³/mol. The summed E-state index contributed by atoms with van der Waals surface area (Å²) in [5.41, 5.74) is 1.96. The second kappa shape index (κ2) is 7.81. The fraction of sp³-hybridized carbons (Fsp3) is 0.429. The number of carbonyl (C=O) groups excluding carboxylic acids is 3. The topological polar surface area (TPSA) is 117 Å². The second-order valence-corrected chi connectivity index (χ2v) is 7.87. The summed E-state index contributed by atoms with van der Waals surface area (Å²) >= 11 is 0. The van der Waals surface area contributed by atoms with Gasteiger partial charge in [0.05, 0.1) is 12.1 Å². The highest BCUT2D eigenvalue weighted by Gasteiger charge is 2.42. The number of aryl methyl sites for hydroxylation is 1. The number of hydrogen-bond donors (Lipinski definition) is 3. The molecule has 1 aromatic carbocycles. The van der Waals surface area contributed by atoms with Crippen molar-refractivity contribution in [1.82, 2.24) is 20.7 Å². The van der Waals surface area contributed by atoms with Gasteiger partial charge in [-0.15, -0.1) is 0 Å². The molecule has 0 bridgehead atoms. The van der Waals surface area contributed by atoms with E-state index in [2.05, 4.69) is 34.1 Å². The molecular formula is C21H25N5O4. The van der Waals surface area contributed by atoms with E-state index in [1.165, 1.54) is 5.56 Å². The molecule has 1 aromatic heterocycles. The van der Waals surface area contributed by atoms with Crippen molar-refractivity contribution in [3.8, 4) is 0 Å². The van der Waals surface area contributed by atoms with E-state index in [-0.39, 0.29) is 18.7 Å². The van der Waals surface area contributed by atoms with E-state index in [9.17, 15) is 14.4 Å². The average Bonchev–Trinajstić information content (AvgIpc) is 3.25. The van der Waals surface area contributed by atoms with E-state index in [0.29, 0.717) is 25.3 Å². The van der Waals surface area contributed by atoms with Gasteiger partial charge in [0.15, 0.2) is 5.82 Å². The fourth-order valence-electron chi connectivity index (χ4n) is 3.87. The number of nitrogens with one attached hydrogen (secondary N) is 3. The molecule has 0 saturated carbocycles. The molecule has 158 valence electrons. The summed E-state index contributed by atoms with van der Waals surface area (Å²) in [4.78, 5) is 37.9. The molecule has 0 aliphatic carbocycles. The Labute approximate surface area is 174 Å². The van der Waals surface area contributed by atoms with Crippen LogP contribution in [0.25, 0.3) is 0 Å². The van der Waals surface area contributed by atoms with Crippen LogP contribution < -0.4 is 16.0 Å². The molecule has 0 radical (unpaired) electrons. The van der Waals surface area contributed by atoms with Crippen molar-refractivity contribution in [2.75, 3.05) is 11.9 Å². The molecule has 1 atom stereocenters. The van der Waals surface area contributed by atoms with Gasteiger partial charge in [-0.25, -0.2) is 4.79 Å². The van der Waals surface area contributed by atoms with E-state index in [4.69, 9.17) is 4.52 Å². The van der Waals surface area contributed by atoms with Crippen molar-refractivity contribution in [1.29, 1.82) is 0 Å². The van der Waals surface area contributed by atoms with Gasteiger partial charge < -0.3 is 20.1 Å². The number of rotatable bonds is 6. The molecule has 1 saturated heterocycles. The summed E-state index contributed by atoms with van der Waals surface area (Å²) in [5.74, 6) is 0.931. The van der Waals surface area contributed by atoms with Crippen molar-refractivity contribution in [3.63, 3.8) is 0 Å². The maximum atomic E-state index is 12.8. The minimum Gasteiger partial charge on any atom is -0.359 e. The van der Waals surface area contributed by atoms with Gasteiger partial charge in [0.1, 0.15) is 11.3 Å². The zero-order valence-electron chi connectivity index (χ0n) is 17.1. The van der Waals surface area contributed by atoms with Crippen molar-refractivity contribution < 1.29 is 18.9 Å². The normalized spacial score (nSPS) is 20.5. The molecule has 2 aromatic rings. The number of amides is 4. The standard InChI is InChI=1S/C21H25N5O4/c1-3-13-6-4-5-7-15(13)22-18-14-12-26(11-9-16(14)30-25-18)17(27)8-10-21(2)19(28)23-20(29)24-21/h4-7H,3,8-12H2,1-2H3,(H,22,25)(H2,23,24,28,29)/t21-/m0/s1. The molecule has 4 amide bonds. The number of imide groups is 1. The Kier molecular flexibility index (Phi) is 5.19. The largest absolute Gasteiger partial charge is 0.359 e. The summed E-state index contributed by atoms with van der Waals surface area (Å²) < 4.78 is 5.49. The second-order valence-electron chi connectivity index (χ2n) is 7.87. The predicted octanol–water partition coefficient (Wildman–Crippen LogP) is 2.24. The van der Waals surface area contributed by atoms with E-state index >= 15 is 0 Å². The minimum absolute atomic E-state index is 0.0723. The molecule has 30 heavy (non-hydrogen) atoms. The molecule has 1 fully saturated rings. The number of hydrogen-bond acceptors (Lipinski definition) is 6. The number of fused-ring (bicyclic) bond motifs is 1. The van der Waals surface area contributed by atoms with Crippen LogP contribution in [0.2, 0.25) is 0 Å². The number of anilines is 2. The van der Waals surface area contributed by atoms with Gasteiger partial charge in [-0.05, 0) is 31.4 Å². The van der Waals surface area contributed by atoms with Crippen LogP contribution in [-0.2, 0) is 29.0 Å². The smallest absolute Gasteiger partial charge is 0.322 e. The zero-order chi connectivity index (χ0) is 21.3. The van der Waals surface area contributed by atoms with Crippen LogP contribution in [0.1, 0.15) is 43.6 Å². The third kappa shape index (κ3) is 3.74. The Morgan fingerprint density at radius 3 is 2.87 bits per heavy atom. The van der Waals surface area contributed by atoms with Crippen LogP contribution in [0.5, 0.6) is 0 Å². The maximum absolute atomic E-state index is 12.8. The number of aromatic nitrogens is 1. The number of carbonyl (C=O) groups is 3. The Morgan fingerprint density at radius 2 is 2.13 bits per heavy atom. The lowest BCUT2D eigenvalue weighted by molar-refractivity contribution is -0.133. The summed E-state index contributed by atoms with van der Waals surface area (Å²) in [6, 6.07) is 7.49. The summed E-state index contributed by atoms with van der Waals surface area (Å²) in [6.07, 6.45) is 1.87. The van der Waals surface area contributed by atoms with Crippen LogP contribution in [0, 0.1) is 0 Å². The fourth-order valence-corrected chi connectivity index (χ4v) is 3.87. The van der Waals surface area contributed by atoms with Crippen LogP contribution in [-0.4, -0.2) is 40.0 Å². The highest BCUT2D eigenvalue weighted by atomic mass is 16.5. The Morgan fingerprint density at radius 1 is 1.33 bits per heavy atom. The number of urea groups is 1. The van der Waals surface area contributed by atoms with Crippen molar-refractivity contribution in [3.05, 3.63) is 41.2 Å². The van der Waals surface area contributed by atoms with E-state index in [0.717, 1.165) is 23.4 Å². The third-order valence-electron chi connectivity index (χ3n) is 5.79. The molecule has 0 spiro atoms. The molecule has 9 heteroatoms. The van der Waals surface area contributed by atoms with Crippen LogP contribution in [0.3, 0.4) is 0 Å². The first kappa shape index (κ1) is 19.9. The number of nitrogens with zero attached hydrogens (tertiary/aromatic N) is 2. The number of para-hydroxylation sites is 1. The van der Waals surface area contributed by atoms with Crippen molar-refractivity contribution >= 4 is 29.4 Å². The van der Waals surface area contributed by atoms with Gasteiger partial charge in [0, 0.05) is 25.1 Å². The van der Waals surface area contributed by atoms with Crippen LogP contribution >= 0.6 is 0 Å². The Balaban J connectivity index is 1.43. The van der Waals surface area contributed by atoms with E-state index in [1.807, 2.05) is 18.2 Å². The average molecular weight is 411 g/mol. The lowest BCUT2D eigenvalue weighted by Crippen LogP contribution is -2.45. The molecule has 2 aliphatic heterocycles.